The van der Waals surface area contributed by atoms with E-state index in [4.69, 9.17) is 4.74 Å². The van der Waals surface area contributed by atoms with Crippen LogP contribution in [0.25, 0.3) is 0 Å². The molecule has 1 fully saturated rings. The Balaban J connectivity index is 1.72. The molecule has 0 aromatic heterocycles. The molecule has 0 aliphatic heterocycles. The first kappa shape index (κ1) is 15.1. The second-order valence-electron chi connectivity index (χ2n) is 6.68. The smallest absolute Gasteiger partial charge is 0.0756 e. The van der Waals surface area contributed by atoms with Gasteiger partial charge in [0, 0.05) is 12.6 Å². The van der Waals surface area contributed by atoms with Crippen molar-refractivity contribution in [2.75, 3.05) is 13.7 Å². The van der Waals surface area contributed by atoms with Crippen LogP contribution in [0.5, 0.6) is 0 Å². The molecule has 1 aromatic carbocycles. The van der Waals surface area contributed by atoms with Gasteiger partial charge in [-0.3, -0.25) is 0 Å². The Morgan fingerprint density at radius 2 is 2.05 bits per heavy atom. The van der Waals surface area contributed by atoms with Crippen LogP contribution in [0.1, 0.15) is 56.1 Å². The van der Waals surface area contributed by atoms with Gasteiger partial charge < -0.3 is 10.1 Å². The number of hydrogen-bond donors (Lipinski definition) is 1. The summed E-state index contributed by atoms with van der Waals surface area (Å²) in [6, 6.07) is 9.54. The number of fused-ring (bicyclic) bond motifs is 1. The molecule has 0 radical (unpaired) electrons. The van der Waals surface area contributed by atoms with Crippen LogP contribution in [-0.2, 0) is 11.2 Å². The lowest BCUT2D eigenvalue weighted by atomic mass is 9.78. The molecule has 0 saturated heterocycles. The van der Waals surface area contributed by atoms with E-state index in [9.17, 15) is 0 Å². The highest BCUT2D eigenvalue weighted by atomic mass is 16.5. The van der Waals surface area contributed by atoms with Gasteiger partial charge in [-0.2, -0.15) is 0 Å². The number of rotatable bonds is 7. The predicted octanol–water partition coefficient (Wildman–Crippen LogP) is 3.90. The second-order valence-corrected chi connectivity index (χ2v) is 6.68. The highest BCUT2D eigenvalue weighted by Gasteiger charge is 2.38. The van der Waals surface area contributed by atoms with Crippen LogP contribution in [-0.4, -0.2) is 25.8 Å². The lowest BCUT2D eigenvalue weighted by Gasteiger charge is -2.33. The topological polar surface area (TPSA) is 21.3 Å². The third kappa shape index (κ3) is 3.49. The fourth-order valence-corrected chi connectivity index (χ4v) is 4.02. The summed E-state index contributed by atoms with van der Waals surface area (Å²) in [4.78, 5) is 0. The summed E-state index contributed by atoms with van der Waals surface area (Å²) in [5.74, 6) is 1.50. The van der Waals surface area contributed by atoms with Gasteiger partial charge in [0.2, 0.25) is 0 Å². The van der Waals surface area contributed by atoms with E-state index in [1.54, 1.807) is 11.1 Å². The molecule has 2 aliphatic carbocycles. The molecule has 0 heterocycles. The van der Waals surface area contributed by atoms with Crippen molar-refractivity contribution < 1.29 is 4.74 Å². The van der Waals surface area contributed by atoms with E-state index in [-0.39, 0.29) is 0 Å². The number of nitrogens with one attached hydrogen (secondary N) is 1. The predicted molar refractivity (Wildman–Crippen MR) is 87.7 cm³/mol. The molecule has 2 nitrogen and oxygen atoms in total. The third-order valence-corrected chi connectivity index (χ3v) is 5.25. The van der Waals surface area contributed by atoms with Gasteiger partial charge in [-0.25, -0.2) is 0 Å². The molecule has 21 heavy (non-hydrogen) atoms. The van der Waals surface area contributed by atoms with Crippen LogP contribution in [0.2, 0.25) is 0 Å². The SMILES string of the molecule is CCOC(C1CC1)C(CC1CCCc2ccccc21)NC. The quantitative estimate of drug-likeness (QED) is 0.821. The van der Waals surface area contributed by atoms with Gasteiger partial charge in [0.15, 0.2) is 0 Å². The molecule has 0 bridgehead atoms. The zero-order valence-electron chi connectivity index (χ0n) is 13.5. The number of ether oxygens (including phenoxy) is 1. The van der Waals surface area contributed by atoms with Crippen LogP contribution in [0.4, 0.5) is 0 Å². The minimum absolute atomic E-state index is 0.411. The number of hydrogen-bond acceptors (Lipinski definition) is 2. The Bertz CT molecular complexity index is 455. The molecule has 3 rings (SSSR count). The van der Waals surface area contributed by atoms with Crippen molar-refractivity contribution in [2.24, 2.45) is 5.92 Å². The van der Waals surface area contributed by atoms with Crippen LogP contribution < -0.4 is 5.32 Å². The Hall–Kier alpha value is -0.860. The first-order valence-electron chi connectivity index (χ1n) is 8.70. The normalized spacial score (nSPS) is 24.4. The van der Waals surface area contributed by atoms with E-state index in [0.29, 0.717) is 18.1 Å². The van der Waals surface area contributed by atoms with Gasteiger partial charge in [0.05, 0.1) is 6.10 Å². The van der Waals surface area contributed by atoms with Crippen LogP contribution in [0.15, 0.2) is 24.3 Å². The maximum Gasteiger partial charge on any atom is 0.0756 e. The Kier molecular flexibility index (Phi) is 4.97. The van der Waals surface area contributed by atoms with Gasteiger partial charge in [0.25, 0.3) is 0 Å². The molecule has 3 unspecified atom stereocenters. The molecule has 116 valence electrons. The Labute approximate surface area is 129 Å². The molecule has 1 N–H and O–H groups in total. The first-order chi connectivity index (χ1) is 10.3. The van der Waals surface area contributed by atoms with Crippen LogP contribution >= 0.6 is 0 Å². The summed E-state index contributed by atoms with van der Waals surface area (Å²) >= 11 is 0. The number of likely N-dealkylation sites (N-methyl/N-ethyl adjacent to an activating group) is 1. The van der Waals surface area contributed by atoms with Crippen molar-refractivity contribution in [2.45, 2.75) is 63.5 Å². The monoisotopic (exact) mass is 287 g/mol. The third-order valence-electron chi connectivity index (χ3n) is 5.25. The van der Waals surface area contributed by atoms with E-state index in [1.807, 2.05) is 0 Å². The van der Waals surface area contributed by atoms with Crippen molar-refractivity contribution in [3.63, 3.8) is 0 Å². The number of aryl methyl sites for hydroxylation is 1. The minimum Gasteiger partial charge on any atom is -0.377 e. The van der Waals surface area contributed by atoms with Crippen molar-refractivity contribution in [1.29, 1.82) is 0 Å². The first-order valence-corrected chi connectivity index (χ1v) is 8.70. The summed E-state index contributed by atoms with van der Waals surface area (Å²) in [6.45, 7) is 2.96. The molecule has 1 aromatic rings. The lowest BCUT2D eigenvalue weighted by Crippen LogP contribution is -2.42. The zero-order chi connectivity index (χ0) is 14.7. The molecular weight excluding hydrogens is 258 g/mol. The van der Waals surface area contributed by atoms with Crippen molar-refractivity contribution in [3.8, 4) is 0 Å². The van der Waals surface area contributed by atoms with Crippen molar-refractivity contribution in [3.05, 3.63) is 35.4 Å². The fraction of sp³-hybridized carbons (Fsp3) is 0.684. The summed E-state index contributed by atoms with van der Waals surface area (Å²) in [6.07, 6.45) is 8.26. The van der Waals surface area contributed by atoms with E-state index < -0.39 is 0 Å². The van der Waals surface area contributed by atoms with Gasteiger partial charge >= 0.3 is 0 Å². The molecule has 1 saturated carbocycles. The molecule has 0 spiro atoms. The second kappa shape index (κ2) is 6.93. The van der Waals surface area contributed by atoms with E-state index in [0.717, 1.165) is 12.5 Å². The number of benzene rings is 1. The average Bonchev–Trinajstić information content (AvgIpc) is 3.35. The highest BCUT2D eigenvalue weighted by Crippen LogP contribution is 2.40. The van der Waals surface area contributed by atoms with Gasteiger partial charge in [0.1, 0.15) is 0 Å². The van der Waals surface area contributed by atoms with Crippen LogP contribution in [0.3, 0.4) is 0 Å². The zero-order valence-corrected chi connectivity index (χ0v) is 13.5. The van der Waals surface area contributed by atoms with E-state index in [2.05, 4.69) is 43.6 Å². The molecular formula is C19H29NO. The Morgan fingerprint density at radius 3 is 2.76 bits per heavy atom. The Morgan fingerprint density at radius 1 is 1.24 bits per heavy atom. The van der Waals surface area contributed by atoms with E-state index in [1.165, 1.54) is 38.5 Å². The summed E-state index contributed by atoms with van der Waals surface area (Å²) in [5, 5.41) is 3.56. The summed E-state index contributed by atoms with van der Waals surface area (Å²) in [7, 11) is 2.10. The van der Waals surface area contributed by atoms with Crippen molar-refractivity contribution in [1.82, 2.24) is 5.32 Å². The van der Waals surface area contributed by atoms with Gasteiger partial charge in [-0.05, 0) is 75.5 Å². The van der Waals surface area contributed by atoms with E-state index >= 15 is 0 Å². The summed E-state index contributed by atoms with van der Waals surface area (Å²) < 4.78 is 6.09. The molecule has 2 heteroatoms. The fourth-order valence-electron chi connectivity index (χ4n) is 4.02. The standard InChI is InChI=1S/C19H29NO/c1-3-21-19(15-11-12-15)18(20-2)13-16-9-6-8-14-7-4-5-10-17(14)16/h4-5,7,10,15-16,18-20H,3,6,8-9,11-13H2,1-2H3. The molecule has 0 amide bonds. The summed E-state index contributed by atoms with van der Waals surface area (Å²) in [5.41, 5.74) is 3.16. The van der Waals surface area contributed by atoms with Crippen molar-refractivity contribution >= 4 is 0 Å². The maximum atomic E-state index is 6.09. The average molecular weight is 287 g/mol. The molecule has 2 aliphatic rings. The van der Waals surface area contributed by atoms with Gasteiger partial charge in [-0.1, -0.05) is 24.3 Å². The lowest BCUT2D eigenvalue weighted by molar-refractivity contribution is 0.0167. The highest BCUT2D eigenvalue weighted by molar-refractivity contribution is 5.32. The largest absolute Gasteiger partial charge is 0.377 e. The van der Waals surface area contributed by atoms with Crippen LogP contribution in [0, 0.1) is 5.92 Å². The minimum atomic E-state index is 0.411. The van der Waals surface area contributed by atoms with Gasteiger partial charge in [-0.15, -0.1) is 0 Å². The maximum absolute atomic E-state index is 6.09. The molecule has 3 atom stereocenters.